The fraction of sp³-hybridized carbons (Fsp3) is 0.462. The lowest BCUT2D eigenvalue weighted by Gasteiger charge is -2.11. The third-order valence-corrected chi connectivity index (χ3v) is 2.98. The standard InChI is InChI=1S/C13H18ClN3O2/c1-3-9(2)17-12(18)5-7-16-13(19)10-4-6-15-8-11(10)14/h4,6,8-9H,3,5,7H2,1-2H3,(H,16,19)(H,17,18). The van der Waals surface area contributed by atoms with Crippen molar-refractivity contribution in [2.75, 3.05) is 6.54 Å². The maximum atomic E-state index is 11.8. The van der Waals surface area contributed by atoms with Crippen molar-refractivity contribution in [3.63, 3.8) is 0 Å². The average Bonchev–Trinajstić information content (AvgIpc) is 2.38. The molecule has 0 spiro atoms. The summed E-state index contributed by atoms with van der Waals surface area (Å²) in [4.78, 5) is 27.1. The van der Waals surface area contributed by atoms with E-state index in [2.05, 4.69) is 15.6 Å². The van der Waals surface area contributed by atoms with Gasteiger partial charge in [-0.2, -0.15) is 0 Å². The highest BCUT2D eigenvalue weighted by Gasteiger charge is 2.10. The van der Waals surface area contributed by atoms with Crippen molar-refractivity contribution in [3.8, 4) is 0 Å². The monoisotopic (exact) mass is 283 g/mol. The van der Waals surface area contributed by atoms with Gasteiger partial charge >= 0.3 is 0 Å². The molecule has 104 valence electrons. The zero-order valence-corrected chi connectivity index (χ0v) is 11.8. The molecule has 0 aromatic carbocycles. The lowest BCUT2D eigenvalue weighted by molar-refractivity contribution is -0.121. The zero-order chi connectivity index (χ0) is 14.3. The minimum Gasteiger partial charge on any atom is -0.354 e. The van der Waals surface area contributed by atoms with Gasteiger partial charge in [-0.15, -0.1) is 0 Å². The highest BCUT2D eigenvalue weighted by atomic mass is 35.5. The molecule has 5 nitrogen and oxygen atoms in total. The van der Waals surface area contributed by atoms with Gasteiger partial charge in [-0.3, -0.25) is 14.6 Å². The first-order chi connectivity index (χ1) is 9.04. The Kier molecular flexibility index (Phi) is 6.29. The molecule has 1 atom stereocenters. The fourth-order valence-corrected chi connectivity index (χ4v) is 1.60. The second-order valence-electron chi connectivity index (χ2n) is 4.24. The first kappa shape index (κ1) is 15.4. The van der Waals surface area contributed by atoms with Gasteiger partial charge in [0.05, 0.1) is 10.6 Å². The molecule has 19 heavy (non-hydrogen) atoms. The van der Waals surface area contributed by atoms with E-state index in [-0.39, 0.29) is 30.8 Å². The molecule has 2 amide bonds. The molecule has 2 N–H and O–H groups in total. The van der Waals surface area contributed by atoms with Crippen LogP contribution in [0.25, 0.3) is 0 Å². The molecule has 0 aliphatic heterocycles. The second-order valence-corrected chi connectivity index (χ2v) is 4.65. The number of hydrogen-bond acceptors (Lipinski definition) is 3. The van der Waals surface area contributed by atoms with Gasteiger partial charge in [0.15, 0.2) is 0 Å². The van der Waals surface area contributed by atoms with Crippen LogP contribution in [-0.2, 0) is 4.79 Å². The summed E-state index contributed by atoms with van der Waals surface area (Å²) in [5.41, 5.74) is 0.360. The molecule has 0 saturated heterocycles. The van der Waals surface area contributed by atoms with Crippen LogP contribution < -0.4 is 10.6 Å². The van der Waals surface area contributed by atoms with Crippen molar-refractivity contribution in [3.05, 3.63) is 29.0 Å². The SMILES string of the molecule is CCC(C)NC(=O)CCNC(=O)c1ccncc1Cl. The molecule has 0 bridgehead atoms. The highest BCUT2D eigenvalue weighted by molar-refractivity contribution is 6.33. The molecule has 6 heteroatoms. The fourth-order valence-electron chi connectivity index (χ4n) is 1.39. The Morgan fingerprint density at radius 1 is 1.47 bits per heavy atom. The van der Waals surface area contributed by atoms with Crippen molar-refractivity contribution in [1.82, 2.24) is 15.6 Å². The lowest BCUT2D eigenvalue weighted by Crippen LogP contribution is -2.35. The Morgan fingerprint density at radius 2 is 2.21 bits per heavy atom. The molecule has 0 fully saturated rings. The van der Waals surface area contributed by atoms with Crippen LogP contribution in [0.15, 0.2) is 18.5 Å². The molecular formula is C13H18ClN3O2. The third-order valence-electron chi connectivity index (χ3n) is 2.67. The quantitative estimate of drug-likeness (QED) is 0.836. The summed E-state index contributed by atoms with van der Waals surface area (Å²) in [5, 5.41) is 5.77. The number of nitrogens with zero attached hydrogens (tertiary/aromatic N) is 1. The molecule has 1 unspecified atom stereocenters. The van der Waals surface area contributed by atoms with Crippen molar-refractivity contribution in [2.24, 2.45) is 0 Å². The van der Waals surface area contributed by atoms with Crippen molar-refractivity contribution in [1.29, 1.82) is 0 Å². The van der Waals surface area contributed by atoms with Crippen LogP contribution in [0.2, 0.25) is 5.02 Å². The summed E-state index contributed by atoms with van der Waals surface area (Å²) in [6.07, 6.45) is 4.03. The topological polar surface area (TPSA) is 71.1 Å². The predicted molar refractivity (Wildman–Crippen MR) is 74.1 cm³/mol. The Morgan fingerprint density at radius 3 is 2.84 bits per heavy atom. The summed E-state index contributed by atoms with van der Waals surface area (Å²) < 4.78 is 0. The zero-order valence-electron chi connectivity index (χ0n) is 11.1. The van der Waals surface area contributed by atoms with Crippen LogP contribution in [0.5, 0.6) is 0 Å². The number of rotatable bonds is 6. The minimum absolute atomic E-state index is 0.0736. The van der Waals surface area contributed by atoms with Gasteiger partial charge in [-0.1, -0.05) is 18.5 Å². The van der Waals surface area contributed by atoms with Gasteiger partial charge < -0.3 is 10.6 Å². The maximum Gasteiger partial charge on any atom is 0.252 e. The van der Waals surface area contributed by atoms with Gasteiger partial charge in [-0.05, 0) is 19.4 Å². The van der Waals surface area contributed by atoms with E-state index in [1.807, 2.05) is 13.8 Å². The number of amides is 2. The summed E-state index contributed by atoms with van der Waals surface area (Å²) in [6.45, 7) is 4.21. The van der Waals surface area contributed by atoms with Crippen LogP contribution in [0.1, 0.15) is 37.0 Å². The summed E-state index contributed by atoms with van der Waals surface area (Å²) in [7, 11) is 0. The van der Waals surface area contributed by atoms with Crippen molar-refractivity contribution < 1.29 is 9.59 Å². The lowest BCUT2D eigenvalue weighted by atomic mass is 10.2. The molecule has 1 aromatic heterocycles. The van der Waals surface area contributed by atoms with E-state index in [0.29, 0.717) is 10.6 Å². The number of halogens is 1. The average molecular weight is 284 g/mol. The van der Waals surface area contributed by atoms with E-state index in [0.717, 1.165) is 6.42 Å². The third kappa shape index (κ3) is 5.26. The molecule has 0 aliphatic carbocycles. The molecule has 0 saturated carbocycles. The molecule has 1 heterocycles. The first-order valence-electron chi connectivity index (χ1n) is 6.21. The normalized spacial score (nSPS) is 11.7. The number of pyridine rings is 1. The Balaban J connectivity index is 2.36. The number of aromatic nitrogens is 1. The highest BCUT2D eigenvalue weighted by Crippen LogP contribution is 2.12. The van der Waals surface area contributed by atoms with Crippen LogP contribution in [-0.4, -0.2) is 29.4 Å². The van der Waals surface area contributed by atoms with E-state index in [4.69, 9.17) is 11.6 Å². The van der Waals surface area contributed by atoms with Crippen LogP contribution in [0.3, 0.4) is 0 Å². The number of carbonyl (C=O) groups excluding carboxylic acids is 2. The summed E-state index contributed by atoms with van der Waals surface area (Å²) in [5.74, 6) is -0.376. The van der Waals surface area contributed by atoms with E-state index in [1.165, 1.54) is 18.5 Å². The smallest absolute Gasteiger partial charge is 0.252 e. The number of nitrogens with one attached hydrogen (secondary N) is 2. The summed E-state index contributed by atoms with van der Waals surface area (Å²) in [6, 6.07) is 1.69. The molecular weight excluding hydrogens is 266 g/mol. The first-order valence-corrected chi connectivity index (χ1v) is 6.59. The van der Waals surface area contributed by atoms with Gasteiger partial charge in [0, 0.05) is 31.4 Å². The summed E-state index contributed by atoms with van der Waals surface area (Å²) >= 11 is 5.85. The molecule has 0 radical (unpaired) electrons. The van der Waals surface area contributed by atoms with Crippen molar-refractivity contribution in [2.45, 2.75) is 32.7 Å². The molecule has 1 aromatic rings. The van der Waals surface area contributed by atoms with Crippen LogP contribution >= 0.6 is 11.6 Å². The predicted octanol–water partition coefficient (Wildman–Crippen LogP) is 1.77. The van der Waals surface area contributed by atoms with Gasteiger partial charge in [0.25, 0.3) is 5.91 Å². The Hall–Kier alpha value is -1.62. The van der Waals surface area contributed by atoms with Gasteiger partial charge in [0.2, 0.25) is 5.91 Å². The maximum absolute atomic E-state index is 11.8. The Bertz CT molecular complexity index is 451. The second kappa shape index (κ2) is 7.74. The van der Waals surface area contributed by atoms with E-state index in [1.54, 1.807) is 0 Å². The van der Waals surface area contributed by atoms with E-state index < -0.39 is 0 Å². The molecule has 0 aliphatic rings. The number of hydrogen-bond donors (Lipinski definition) is 2. The Labute approximate surface area is 117 Å². The van der Waals surface area contributed by atoms with Crippen LogP contribution in [0.4, 0.5) is 0 Å². The van der Waals surface area contributed by atoms with E-state index >= 15 is 0 Å². The van der Waals surface area contributed by atoms with Crippen molar-refractivity contribution >= 4 is 23.4 Å². The van der Waals surface area contributed by atoms with Gasteiger partial charge in [-0.25, -0.2) is 0 Å². The van der Waals surface area contributed by atoms with Crippen LogP contribution in [0, 0.1) is 0 Å². The number of carbonyl (C=O) groups is 2. The van der Waals surface area contributed by atoms with E-state index in [9.17, 15) is 9.59 Å². The molecule has 1 rings (SSSR count). The van der Waals surface area contributed by atoms with Gasteiger partial charge in [0.1, 0.15) is 0 Å². The largest absolute Gasteiger partial charge is 0.354 e. The minimum atomic E-state index is -0.302.